The number of aliphatic imine (C=N–C) groups is 1. The fourth-order valence-corrected chi connectivity index (χ4v) is 2.28. The molecule has 0 saturated heterocycles. The third-order valence-corrected chi connectivity index (χ3v) is 3.42. The molecule has 3 N–H and O–H groups in total. The molecule has 0 atom stereocenters. The van der Waals surface area contributed by atoms with Crippen LogP contribution in [0.25, 0.3) is 0 Å². The molecule has 1 aromatic heterocycles. The molecule has 0 aromatic carbocycles. The number of hydrogen-bond donors (Lipinski definition) is 2. The first-order chi connectivity index (χ1) is 10.1. The molecule has 1 saturated carbocycles. The Morgan fingerprint density at radius 3 is 3.00 bits per heavy atom. The lowest BCUT2D eigenvalue weighted by Crippen LogP contribution is -2.32. The minimum absolute atomic E-state index is 0.293. The minimum Gasteiger partial charge on any atom is -0.474 e. The Morgan fingerprint density at radius 2 is 2.29 bits per heavy atom. The third-order valence-electron chi connectivity index (χ3n) is 3.42. The van der Waals surface area contributed by atoms with E-state index in [4.69, 9.17) is 10.5 Å². The quantitative estimate of drug-likeness (QED) is 0.479. The first-order valence-electron chi connectivity index (χ1n) is 7.44. The molecule has 0 amide bonds. The number of pyridine rings is 1. The van der Waals surface area contributed by atoms with Gasteiger partial charge in [0.1, 0.15) is 6.10 Å². The Morgan fingerprint density at radius 1 is 1.52 bits per heavy atom. The second-order valence-electron chi connectivity index (χ2n) is 5.50. The van der Waals surface area contributed by atoms with Gasteiger partial charge in [-0.25, -0.2) is 9.98 Å². The molecule has 5 heteroatoms. The first-order valence-corrected chi connectivity index (χ1v) is 7.44. The average Bonchev–Trinajstić information content (AvgIpc) is 2.97. The van der Waals surface area contributed by atoms with Crippen LogP contribution in [-0.2, 0) is 6.54 Å². The summed E-state index contributed by atoms with van der Waals surface area (Å²) in [5.74, 6) is 1.09. The number of nitrogens with two attached hydrogens (primary N) is 1. The van der Waals surface area contributed by atoms with Crippen LogP contribution in [0.2, 0.25) is 0 Å². The Labute approximate surface area is 126 Å². The van der Waals surface area contributed by atoms with Crippen LogP contribution >= 0.6 is 0 Å². The number of nitrogens with zero attached hydrogens (tertiary/aromatic N) is 2. The van der Waals surface area contributed by atoms with Crippen LogP contribution in [-0.4, -0.2) is 23.6 Å². The van der Waals surface area contributed by atoms with Crippen LogP contribution in [0.5, 0.6) is 5.88 Å². The predicted octanol–water partition coefficient (Wildman–Crippen LogP) is 2.38. The Balaban J connectivity index is 1.95. The molecule has 0 unspecified atom stereocenters. The molecule has 0 radical (unpaired) electrons. The Hall–Kier alpha value is -2.04. The van der Waals surface area contributed by atoms with E-state index in [0.717, 1.165) is 24.0 Å². The van der Waals surface area contributed by atoms with E-state index in [2.05, 4.69) is 21.9 Å². The van der Waals surface area contributed by atoms with Gasteiger partial charge in [0.15, 0.2) is 5.96 Å². The molecular weight excluding hydrogens is 264 g/mol. The van der Waals surface area contributed by atoms with E-state index < -0.39 is 0 Å². The maximum atomic E-state index is 5.98. The molecular formula is C16H24N4O. The van der Waals surface area contributed by atoms with E-state index in [0.29, 0.717) is 31.0 Å². The topological polar surface area (TPSA) is 72.5 Å². The first kappa shape index (κ1) is 15.4. The molecule has 1 aromatic rings. The highest BCUT2D eigenvalue weighted by Crippen LogP contribution is 2.25. The van der Waals surface area contributed by atoms with Crippen molar-refractivity contribution < 1.29 is 4.74 Å². The van der Waals surface area contributed by atoms with Gasteiger partial charge >= 0.3 is 0 Å². The number of guanidine groups is 1. The van der Waals surface area contributed by atoms with Crippen molar-refractivity contribution in [3.05, 3.63) is 36.0 Å². The largest absolute Gasteiger partial charge is 0.474 e. The normalized spacial score (nSPS) is 16.0. The summed E-state index contributed by atoms with van der Waals surface area (Å²) in [7, 11) is 0. The van der Waals surface area contributed by atoms with E-state index >= 15 is 0 Å². The lowest BCUT2D eigenvalue weighted by molar-refractivity contribution is 0.199. The zero-order valence-corrected chi connectivity index (χ0v) is 12.6. The smallest absolute Gasteiger partial charge is 0.218 e. The molecule has 0 bridgehead atoms. The molecule has 114 valence electrons. The van der Waals surface area contributed by atoms with Gasteiger partial charge in [0, 0.05) is 18.3 Å². The number of nitrogens with one attached hydrogen (secondary N) is 1. The summed E-state index contributed by atoms with van der Waals surface area (Å²) in [5.41, 5.74) is 7.80. The van der Waals surface area contributed by atoms with Gasteiger partial charge in [0.2, 0.25) is 5.88 Å². The lowest BCUT2D eigenvalue weighted by atomic mass is 10.2. The van der Waals surface area contributed by atoms with Crippen LogP contribution < -0.4 is 15.8 Å². The molecule has 1 aliphatic rings. The summed E-state index contributed by atoms with van der Waals surface area (Å²) in [6.07, 6.45) is 6.75. The molecule has 2 rings (SSSR count). The molecule has 1 aliphatic carbocycles. The highest BCUT2D eigenvalue weighted by molar-refractivity contribution is 5.78. The van der Waals surface area contributed by atoms with Gasteiger partial charge in [-0.15, -0.1) is 0 Å². The molecule has 1 heterocycles. The van der Waals surface area contributed by atoms with Crippen molar-refractivity contribution in [2.45, 2.75) is 45.3 Å². The highest BCUT2D eigenvalue weighted by Gasteiger charge is 2.18. The van der Waals surface area contributed by atoms with Crippen LogP contribution in [0, 0.1) is 0 Å². The van der Waals surface area contributed by atoms with Crippen molar-refractivity contribution in [3.8, 4) is 5.88 Å². The maximum absolute atomic E-state index is 5.98. The van der Waals surface area contributed by atoms with Gasteiger partial charge in [-0.05, 0) is 38.7 Å². The fraction of sp³-hybridized carbons (Fsp3) is 0.500. The van der Waals surface area contributed by atoms with Gasteiger partial charge in [-0.3, -0.25) is 0 Å². The number of hydrogen-bond acceptors (Lipinski definition) is 3. The summed E-state index contributed by atoms with van der Waals surface area (Å²) < 4.78 is 5.98. The zero-order chi connectivity index (χ0) is 15.1. The van der Waals surface area contributed by atoms with Gasteiger partial charge in [0.25, 0.3) is 0 Å². The summed E-state index contributed by atoms with van der Waals surface area (Å²) in [6, 6.07) is 3.87. The van der Waals surface area contributed by atoms with Crippen molar-refractivity contribution in [1.29, 1.82) is 0 Å². The maximum Gasteiger partial charge on any atom is 0.218 e. The van der Waals surface area contributed by atoms with Crippen LogP contribution in [0.1, 0.15) is 38.2 Å². The molecule has 21 heavy (non-hydrogen) atoms. The number of rotatable bonds is 6. The van der Waals surface area contributed by atoms with Gasteiger partial charge in [0.05, 0.1) is 6.54 Å². The standard InChI is InChI=1S/C16H24N4O/c1-12(2)10-19-16(17)20-11-13-6-5-9-18-15(13)21-14-7-3-4-8-14/h5-6,9,14H,1,3-4,7-8,10-11H2,2H3,(H3,17,19,20). The molecule has 0 aliphatic heterocycles. The van der Waals surface area contributed by atoms with Gasteiger partial charge < -0.3 is 15.8 Å². The summed E-state index contributed by atoms with van der Waals surface area (Å²) in [4.78, 5) is 8.65. The monoisotopic (exact) mass is 288 g/mol. The van der Waals surface area contributed by atoms with Crippen molar-refractivity contribution >= 4 is 5.96 Å². The van der Waals surface area contributed by atoms with E-state index in [1.807, 2.05) is 19.1 Å². The summed E-state index contributed by atoms with van der Waals surface area (Å²) >= 11 is 0. The second kappa shape index (κ2) is 7.67. The minimum atomic E-state index is 0.293. The van der Waals surface area contributed by atoms with Gasteiger partial charge in [-0.2, -0.15) is 0 Å². The van der Waals surface area contributed by atoms with E-state index in [1.54, 1.807) is 6.20 Å². The number of ether oxygens (including phenoxy) is 1. The lowest BCUT2D eigenvalue weighted by Gasteiger charge is -2.14. The summed E-state index contributed by atoms with van der Waals surface area (Å²) in [5, 5.41) is 3.01. The fourth-order valence-electron chi connectivity index (χ4n) is 2.28. The Kier molecular flexibility index (Phi) is 5.60. The number of aromatic nitrogens is 1. The van der Waals surface area contributed by atoms with E-state index in [-0.39, 0.29) is 0 Å². The second-order valence-corrected chi connectivity index (χ2v) is 5.50. The average molecular weight is 288 g/mol. The predicted molar refractivity (Wildman–Crippen MR) is 85.3 cm³/mol. The Bertz CT molecular complexity index is 507. The molecule has 5 nitrogen and oxygen atoms in total. The van der Waals surface area contributed by atoms with Crippen LogP contribution in [0.15, 0.2) is 35.5 Å². The van der Waals surface area contributed by atoms with E-state index in [1.165, 1.54) is 12.8 Å². The third kappa shape index (κ3) is 5.10. The van der Waals surface area contributed by atoms with Gasteiger partial charge in [-0.1, -0.05) is 18.2 Å². The molecule has 0 spiro atoms. The SMILES string of the molecule is C=C(C)CNC(N)=NCc1cccnc1OC1CCCC1. The van der Waals surface area contributed by atoms with Crippen molar-refractivity contribution in [1.82, 2.24) is 10.3 Å². The van der Waals surface area contributed by atoms with E-state index in [9.17, 15) is 0 Å². The van der Waals surface area contributed by atoms with Crippen molar-refractivity contribution in [2.24, 2.45) is 10.7 Å². The molecule has 1 fully saturated rings. The van der Waals surface area contributed by atoms with Crippen molar-refractivity contribution in [3.63, 3.8) is 0 Å². The highest BCUT2D eigenvalue weighted by atomic mass is 16.5. The summed E-state index contributed by atoms with van der Waals surface area (Å²) in [6.45, 7) is 6.85. The van der Waals surface area contributed by atoms with Crippen LogP contribution in [0.3, 0.4) is 0 Å². The van der Waals surface area contributed by atoms with Crippen LogP contribution in [0.4, 0.5) is 0 Å². The van der Waals surface area contributed by atoms with Crippen molar-refractivity contribution in [2.75, 3.05) is 6.54 Å². The zero-order valence-electron chi connectivity index (χ0n) is 12.6.